The second-order valence-electron chi connectivity index (χ2n) is 9.23. The zero-order chi connectivity index (χ0) is 25.7. The van der Waals surface area contributed by atoms with Crippen molar-refractivity contribution in [2.24, 2.45) is 0 Å². The third kappa shape index (κ3) is 6.54. The van der Waals surface area contributed by atoms with Gasteiger partial charge in [-0.05, 0) is 43.5 Å². The summed E-state index contributed by atoms with van der Waals surface area (Å²) in [5.41, 5.74) is 2.56. The van der Waals surface area contributed by atoms with Gasteiger partial charge in [0.2, 0.25) is 0 Å². The van der Waals surface area contributed by atoms with E-state index >= 15 is 0 Å². The van der Waals surface area contributed by atoms with Crippen LogP contribution in [0.2, 0.25) is 0 Å². The number of aromatic nitrogens is 1. The first-order chi connectivity index (χ1) is 17.3. The van der Waals surface area contributed by atoms with Crippen molar-refractivity contribution in [2.45, 2.75) is 50.7 Å². The van der Waals surface area contributed by atoms with Crippen LogP contribution in [0.1, 0.15) is 43.4 Å². The highest BCUT2D eigenvalue weighted by atomic mass is 32.1. The summed E-state index contributed by atoms with van der Waals surface area (Å²) in [6, 6.07) is 15.0. The number of nitrogens with zero attached hydrogens (tertiary/aromatic N) is 2. The predicted octanol–water partition coefficient (Wildman–Crippen LogP) is 3.13. The number of aliphatic hydroxyl groups is 1. The van der Waals surface area contributed by atoms with Crippen molar-refractivity contribution in [1.82, 2.24) is 20.5 Å². The van der Waals surface area contributed by atoms with Gasteiger partial charge in [0.05, 0.1) is 18.7 Å². The van der Waals surface area contributed by atoms with E-state index in [1.54, 1.807) is 36.2 Å². The van der Waals surface area contributed by atoms with Crippen LogP contribution in [0, 0.1) is 6.92 Å². The van der Waals surface area contributed by atoms with Crippen LogP contribution in [0.5, 0.6) is 0 Å². The van der Waals surface area contributed by atoms with E-state index in [1.807, 2.05) is 42.6 Å². The van der Waals surface area contributed by atoms with E-state index in [0.717, 1.165) is 16.3 Å². The first-order valence-corrected chi connectivity index (χ1v) is 12.8. The lowest BCUT2D eigenvalue weighted by Gasteiger charge is -2.28. The van der Waals surface area contributed by atoms with Crippen LogP contribution in [0.4, 0.5) is 4.39 Å². The van der Waals surface area contributed by atoms with Gasteiger partial charge in [-0.2, -0.15) is 0 Å². The standard InChI is InChI=1S/C27H31FN4O3S/c1-17-16-36-24(30-17)15-32(2)27(35)20-10-6-9-19(12-20)26(34)31-23(11-18-7-4-3-5-8-18)25(33)22-13-21(28)14-29-22/h3-10,12,16,21-23,25,29,33H,11,13-15H2,1-2H3,(H,31,34)/t21-,22+,23-,25+/m0/s1. The molecule has 1 aliphatic heterocycles. The number of nitrogens with one attached hydrogen (secondary N) is 2. The molecule has 3 aromatic rings. The van der Waals surface area contributed by atoms with E-state index in [9.17, 15) is 19.1 Å². The van der Waals surface area contributed by atoms with Crippen LogP contribution in [-0.4, -0.2) is 64.8 Å². The van der Waals surface area contributed by atoms with Crippen molar-refractivity contribution in [3.05, 3.63) is 87.4 Å². The summed E-state index contributed by atoms with van der Waals surface area (Å²) in [6.07, 6.45) is -1.42. The molecule has 36 heavy (non-hydrogen) atoms. The van der Waals surface area contributed by atoms with Crippen molar-refractivity contribution >= 4 is 23.2 Å². The highest BCUT2D eigenvalue weighted by Crippen LogP contribution is 2.19. The number of carbonyl (C=O) groups is 2. The second kappa shape index (κ2) is 11.7. The maximum atomic E-state index is 13.8. The Labute approximate surface area is 214 Å². The minimum atomic E-state index is -1.02. The molecule has 0 saturated carbocycles. The molecule has 1 aliphatic rings. The van der Waals surface area contributed by atoms with Crippen molar-refractivity contribution in [2.75, 3.05) is 13.6 Å². The minimum absolute atomic E-state index is 0.186. The summed E-state index contributed by atoms with van der Waals surface area (Å²) in [7, 11) is 1.70. The molecule has 4 atom stereocenters. The van der Waals surface area contributed by atoms with Crippen molar-refractivity contribution in [3.8, 4) is 0 Å². The number of alkyl halides is 1. The van der Waals surface area contributed by atoms with E-state index in [4.69, 9.17) is 0 Å². The fraction of sp³-hybridized carbons (Fsp3) is 0.370. The number of thiazole rings is 1. The zero-order valence-electron chi connectivity index (χ0n) is 20.4. The summed E-state index contributed by atoms with van der Waals surface area (Å²) < 4.78 is 13.8. The van der Waals surface area contributed by atoms with Gasteiger partial charge in [0.15, 0.2) is 0 Å². The van der Waals surface area contributed by atoms with Crippen LogP contribution in [0.15, 0.2) is 60.0 Å². The number of halogens is 1. The highest BCUT2D eigenvalue weighted by molar-refractivity contribution is 7.09. The van der Waals surface area contributed by atoms with Crippen LogP contribution in [-0.2, 0) is 13.0 Å². The first kappa shape index (κ1) is 25.9. The van der Waals surface area contributed by atoms with Gasteiger partial charge in [-0.15, -0.1) is 11.3 Å². The Morgan fingerprint density at radius 2 is 1.97 bits per heavy atom. The summed E-state index contributed by atoms with van der Waals surface area (Å²) in [4.78, 5) is 32.2. The van der Waals surface area contributed by atoms with E-state index in [-0.39, 0.29) is 18.9 Å². The largest absolute Gasteiger partial charge is 0.389 e. The molecule has 0 aliphatic carbocycles. The van der Waals surface area contributed by atoms with Crippen molar-refractivity contribution in [1.29, 1.82) is 0 Å². The monoisotopic (exact) mass is 510 g/mol. The van der Waals surface area contributed by atoms with Gasteiger partial charge in [-0.1, -0.05) is 36.4 Å². The number of amides is 2. The Morgan fingerprint density at radius 3 is 2.64 bits per heavy atom. The zero-order valence-corrected chi connectivity index (χ0v) is 21.2. The first-order valence-electron chi connectivity index (χ1n) is 12.0. The number of carbonyl (C=O) groups excluding carboxylic acids is 2. The number of benzene rings is 2. The maximum absolute atomic E-state index is 13.8. The van der Waals surface area contributed by atoms with Gasteiger partial charge in [0.1, 0.15) is 11.2 Å². The van der Waals surface area contributed by atoms with Crippen LogP contribution in [0.25, 0.3) is 0 Å². The van der Waals surface area contributed by atoms with Crippen LogP contribution in [0.3, 0.4) is 0 Å². The molecule has 190 valence electrons. The summed E-state index contributed by atoms with van der Waals surface area (Å²) in [5.74, 6) is -0.625. The van der Waals surface area contributed by atoms with Gasteiger partial charge in [-0.25, -0.2) is 9.37 Å². The number of aliphatic hydroxyl groups excluding tert-OH is 1. The Balaban J connectivity index is 1.48. The summed E-state index contributed by atoms with van der Waals surface area (Å²) in [5, 5.41) is 19.7. The molecule has 7 nitrogen and oxygen atoms in total. The van der Waals surface area contributed by atoms with Crippen molar-refractivity contribution < 1.29 is 19.1 Å². The smallest absolute Gasteiger partial charge is 0.253 e. The number of aryl methyl sites for hydroxylation is 1. The SMILES string of the molecule is Cc1csc(CN(C)C(=O)c2cccc(C(=O)N[C@@H](Cc3ccccc3)[C@H](O)[C@H]3C[C@H](F)CN3)c2)n1. The molecule has 1 aromatic heterocycles. The molecule has 2 amide bonds. The molecule has 0 bridgehead atoms. The third-order valence-electron chi connectivity index (χ3n) is 6.31. The fourth-order valence-electron chi connectivity index (χ4n) is 4.40. The normalized spacial score (nSPS) is 19.0. The lowest BCUT2D eigenvalue weighted by molar-refractivity contribution is 0.0729. The average Bonchev–Trinajstić information content (AvgIpc) is 3.50. The summed E-state index contributed by atoms with van der Waals surface area (Å²) >= 11 is 1.50. The molecule has 3 N–H and O–H groups in total. The topological polar surface area (TPSA) is 94.6 Å². The Hall–Kier alpha value is -3.14. The number of rotatable bonds is 9. The lowest BCUT2D eigenvalue weighted by atomic mass is 9.95. The van der Waals surface area contributed by atoms with Gasteiger partial charge in [0.25, 0.3) is 11.8 Å². The molecule has 9 heteroatoms. The predicted molar refractivity (Wildman–Crippen MR) is 138 cm³/mol. The average molecular weight is 511 g/mol. The molecule has 2 heterocycles. The van der Waals surface area contributed by atoms with E-state index < -0.39 is 30.3 Å². The molecule has 4 rings (SSSR count). The molecule has 1 saturated heterocycles. The Kier molecular flexibility index (Phi) is 8.45. The quantitative estimate of drug-likeness (QED) is 0.411. The van der Waals surface area contributed by atoms with Crippen LogP contribution < -0.4 is 10.6 Å². The Bertz CT molecular complexity index is 1190. The molecular formula is C27H31FN4O3S. The van der Waals surface area contributed by atoms with Crippen molar-refractivity contribution in [3.63, 3.8) is 0 Å². The fourth-order valence-corrected chi connectivity index (χ4v) is 5.23. The molecular weight excluding hydrogens is 479 g/mol. The highest BCUT2D eigenvalue weighted by Gasteiger charge is 2.35. The third-order valence-corrected chi connectivity index (χ3v) is 7.26. The van der Waals surface area contributed by atoms with E-state index in [2.05, 4.69) is 15.6 Å². The molecule has 2 aromatic carbocycles. The van der Waals surface area contributed by atoms with E-state index in [0.29, 0.717) is 24.1 Å². The van der Waals surface area contributed by atoms with Gasteiger partial charge in [-0.3, -0.25) is 9.59 Å². The Morgan fingerprint density at radius 1 is 1.22 bits per heavy atom. The molecule has 0 radical (unpaired) electrons. The van der Waals surface area contributed by atoms with Gasteiger partial charge >= 0.3 is 0 Å². The van der Waals surface area contributed by atoms with Crippen LogP contribution >= 0.6 is 11.3 Å². The maximum Gasteiger partial charge on any atom is 0.253 e. The minimum Gasteiger partial charge on any atom is -0.389 e. The second-order valence-corrected chi connectivity index (χ2v) is 10.2. The molecule has 0 spiro atoms. The van der Waals surface area contributed by atoms with E-state index in [1.165, 1.54) is 11.3 Å². The summed E-state index contributed by atoms with van der Waals surface area (Å²) in [6.45, 7) is 2.47. The molecule has 0 unspecified atom stereocenters. The van der Waals surface area contributed by atoms with Gasteiger partial charge in [0, 0.05) is 41.8 Å². The van der Waals surface area contributed by atoms with Gasteiger partial charge < -0.3 is 20.6 Å². The lowest BCUT2D eigenvalue weighted by Crippen LogP contribution is -2.52. The number of hydrogen-bond donors (Lipinski definition) is 3. The molecule has 1 fully saturated rings. The number of hydrogen-bond acceptors (Lipinski definition) is 6.